The van der Waals surface area contributed by atoms with E-state index >= 15 is 0 Å². The van der Waals surface area contributed by atoms with Crippen LogP contribution in [-0.2, 0) is 6.42 Å². The molecule has 92 valence electrons. The number of nitrogens with one attached hydrogen (secondary N) is 1. The number of rotatable bonds is 1. The van der Waals surface area contributed by atoms with Crippen molar-refractivity contribution >= 4 is 23.1 Å². The number of nitrogens with zero attached hydrogens (tertiary/aromatic N) is 2. The van der Waals surface area contributed by atoms with E-state index in [0.29, 0.717) is 0 Å². The van der Waals surface area contributed by atoms with Gasteiger partial charge in [-0.1, -0.05) is 23.8 Å². The van der Waals surface area contributed by atoms with Gasteiger partial charge in [0.05, 0.1) is 5.69 Å². The summed E-state index contributed by atoms with van der Waals surface area (Å²) in [6.45, 7) is 2.99. The standard InChI is InChI=1S/C13H14N4S/c1-8-3-2-4-9(7-8)11-10-5-6-15-12(10)17(16-11)13(14)18/h2-4,7,15H,5-6H2,1H3,(H2,14,18). The summed E-state index contributed by atoms with van der Waals surface area (Å²) in [4.78, 5) is 0. The second-order valence-electron chi connectivity index (χ2n) is 4.47. The summed E-state index contributed by atoms with van der Waals surface area (Å²) in [5.41, 5.74) is 10.2. The minimum atomic E-state index is 0.277. The number of anilines is 1. The molecule has 2 heterocycles. The maximum Gasteiger partial charge on any atom is 0.193 e. The first kappa shape index (κ1) is 11.2. The first-order valence-corrected chi connectivity index (χ1v) is 6.30. The maximum atomic E-state index is 5.70. The van der Waals surface area contributed by atoms with Crippen LogP contribution >= 0.6 is 12.2 Å². The summed E-state index contributed by atoms with van der Waals surface area (Å²) < 4.78 is 1.62. The Morgan fingerprint density at radius 2 is 2.33 bits per heavy atom. The Kier molecular flexibility index (Phi) is 2.56. The zero-order valence-corrected chi connectivity index (χ0v) is 10.9. The minimum Gasteiger partial charge on any atom is -0.374 e. The highest BCUT2D eigenvalue weighted by Gasteiger charge is 2.23. The Morgan fingerprint density at radius 3 is 3.06 bits per heavy atom. The van der Waals surface area contributed by atoms with E-state index in [-0.39, 0.29) is 5.11 Å². The van der Waals surface area contributed by atoms with Gasteiger partial charge in [0.15, 0.2) is 5.11 Å². The first-order chi connectivity index (χ1) is 8.66. The molecule has 0 saturated heterocycles. The summed E-state index contributed by atoms with van der Waals surface area (Å²) >= 11 is 5.03. The molecule has 4 nitrogen and oxygen atoms in total. The molecule has 1 aromatic carbocycles. The number of aromatic nitrogens is 2. The number of thiocarbonyl (C=S) groups is 1. The fourth-order valence-electron chi connectivity index (χ4n) is 2.36. The van der Waals surface area contributed by atoms with Crippen LogP contribution in [0, 0.1) is 6.92 Å². The van der Waals surface area contributed by atoms with E-state index in [9.17, 15) is 0 Å². The van der Waals surface area contributed by atoms with Gasteiger partial charge < -0.3 is 11.1 Å². The van der Waals surface area contributed by atoms with Crippen LogP contribution in [-0.4, -0.2) is 21.4 Å². The zero-order chi connectivity index (χ0) is 12.7. The molecule has 0 unspecified atom stereocenters. The van der Waals surface area contributed by atoms with Crippen LogP contribution in [0.4, 0.5) is 5.82 Å². The van der Waals surface area contributed by atoms with Gasteiger partial charge in [-0.05, 0) is 31.6 Å². The van der Waals surface area contributed by atoms with E-state index in [1.807, 2.05) is 6.07 Å². The molecule has 0 spiro atoms. The molecule has 1 aromatic heterocycles. The topological polar surface area (TPSA) is 55.9 Å². The monoisotopic (exact) mass is 258 g/mol. The second kappa shape index (κ2) is 4.10. The van der Waals surface area contributed by atoms with Crippen LogP contribution in [0.15, 0.2) is 24.3 Å². The van der Waals surface area contributed by atoms with Gasteiger partial charge in [-0.2, -0.15) is 9.78 Å². The Hall–Kier alpha value is -1.88. The molecule has 2 aromatic rings. The van der Waals surface area contributed by atoms with Gasteiger partial charge >= 0.3 is 0 Å². The van der Waals surface area contributed by atoms with E-state index in [2.05, 4.69) is 35.5 Å². The maximum absolute atomic E-state index is 5.70. The highest BCUT2D eigenvalue weighted by atomic mass is 32.1. The molecular formula is C13H14N4S. The molecule has 0 amide bonds. The minimum absolute atomic E-state index is 0.277. The van der Waals surface area contributed by atoms with Crippen molar-refractivity contribution in [1.82, 2.24) is 9.78 Å². The molecule has 0 fully saturated rings. The molecule has 1 aliphatic rings. The van der Waals surface area contributed by atoms with Gasteiger partial charge in [-0.3, -0.25) is 0 Å². The summed E-state index contributed by atoms with van der Waals surface area (Å²) in [5, 5.41) is 8.10. The van der Waals surface area contributed by atoms with Crippen LogP contribution in [0.2, 0.25) is 0 Å². The number of aryl methyl sites for hydroxylation is 1. The molecule has 3 N–H and O–H groups in total. The van der Waals surface area contributed by atoms with Gasteiger partial charge in [0.25, 0.3) is 0 Å². The van der Waals surface area contributed by atoms with E-state index in [1.165, 1.54) is 11.1 Å². The normalized spacial score (nSPS) is 13.2. The van der Waals surface area contributed by atoms with Crippen molar-refractivity contribution < 1.29 is 0 Å². The van der Waals surface area contributed by atoms with Crippen LogP contribution in [0.25, 0.3) is 11.3 Å². The molecule has 0 radical (unpaired) electrons. The van der Waals surface area contributed by atoms with Crippen LogP contribution in [0.1, 0.15) is 11.1 Å². The Morgan fingerprint density at radius 1 is 1.50 bits per heavy atom. The summed E-state index contributed by atoms with van der Waals surface area (Å²) in [5.74, 6) is 0.944. The molecule has 0 bridgehead atoms. The zero-order valence-electron chi connectivity index (χ0n) is 10.1. The first-order valence-electron chi connectivity index (χ1n) is 5.89. The van der Waals surface area contributed by atoms with Crippen LogP contribution in [0.3, 0.4) is 0 Å². The third kappa shape index (κ3) is 1.67. The summed E-state index contributed by atoms with van der Waals surface area (Å²) in [6.07, 6.45) is 0.960. The Labute approximate surface area is 111 Å². The smallest absolute Gasteiger partial charge is 0.193 e. The van der Waals surface area contributed by atoms with Crippen molar-refractivity contribution in [2.45, 2.75) is 13.3 Å². The highest BCUT2D eigenvalue weighted by Crippen LogP contribution is 2.32. The largest absolute Gasteiger partial charge is 0.374 e. The lowest BCUT2D eigenvalue weighted by Crippen LogP contribution is -2.22. The van der Waals surface area contributed by atoms with Crippen molar-refractivity contribution in [1.29, 1.82) is 0 Å². The Balaban J connectivity index is 2.19. The predicted octanol–water partition coefficient (Wildman–Crippen LogP) is 1.92. The number of hydrogen-bond donors (Lipinski definition) is 2. The molecule has 0 aliphatic carbocycles. The quantitative estimate of drug-likeness (QED) is 0.767. The lowest BCUT2D eigenvalue weighted by atomic mass is 10.0. The molecule has 18 heavy (non-hydrogen) atoms. The molecule has 0 atom stereocenters. The van der Waals surface area contributed by atoms with E-state index in [1.54, 1.807) is 4.68 Å². The highest BCUT2D eigenvalue weighted by molar-refractivity contribution is 7.80. The molecule has 0 saturated carbocycles. The number of benzene rings is 1. The number of nitrogens with two attached hydrogens (primary N) is 1. The lowest BCUT2D eigenvalue weighted by molar-refractivity contribution is 0.935. The van der Waals surface area contributed by atoms with Gasteiger partial charge in [0, 0.05) is 17.7 Å². The lowest BCUT2D eigenvalue weighted by Gasteiger charge is -2.02. The molecule has 5 heteroatoms. The van der Waals surface area contributed by atoms with Gasteiger partial charge in [-0.25, -0.2) is 0 Å². The fraction of sp³-hybridized carbons (Fsp3) is 0.231. The fourth-order valence-corrected chi connectivity index (χ4v) is 2.49. The second-order valence-corrected chi connectivity index (χ2v) is 4.89. The van der Waals surface area contributed by atoms with Crippen molar-refractivity contribution in [3.63, 3.8) is 0 Å². The van der Waals surface area contributed by atoms with Gasteiger partial charge in [0.1, 0.15) is 5.82 Å². The summed E-state index contributed by atoms with van der Waals surface area (Å²) in [6, 6.07) is 8.31. The van der Waals surface area contributed by atoms with E-state index < -0.39 is 0 Å². The van der Waals surface area contributed by atoms with Crippen molar-refractivity contribution in [3.8, 4) is 11.3 Å². The molecular weight excluding hydrogens is 244 g/mol. The molecule has 3 rings (SSSR count). The Bertz CT molecular complexity index is 630. The van der Waals surface area contributed by atoms with Crippen LogP contribution < -0.4 is 11.1 Å². The van der Waals surface area contributed by atoms with Gasteiger partial charge in [-0.15, -0.1) is 0 Å². The average molecular weight is 258 g/mol. The third-order valence-electron chi connectivity index (χ3n) is 3.15. The van der Waals surface area contributed by atoms with E-state index in [4.69, 9.17) is 18.0 Å². The SMILES string of the molecule is Cc1cccc(-c2nn(C(N)=S)c3c2CCN3)c1. The molecule has 1 aliphatic heterocycles. The number of hydrogen-bond acceptors (Lipinski definition) is 3. The van der Waals surface area contributed by atoms with E-state index in [0.717, 1.165) is 30.0 Å². The number of fused-ring (bicyclic) bond motifs is 1. The van der Waals surface area contributed by atoms with Gasteiger partial charge in [0.2, 0.25) is 0 Å². The van der Waals surface area contributed by atoms with Crippen molar-refractivity contribution in [2.75, 3.05) is 11.9 Å². The summed E-state index contributed by atoms with van der Waals surface area (Å²) in [7, 11) is 0. The van der Waals surface area contributed by atoms with Crippen molar-refractivity contribution in [3.05, 3.63) is 35.4 Å². The predicted molar refractivity (Wildman–Crippen MR) is 76.8 cm³/mol. The average Bonchev–Trinajstić information content (AvgIpc) is 2.88. The third-order valence-corrected chi connectivity index (χ3v) is 3.32. The van der Waals surface area contributed by atoms with Crippen LogP contribution in [0.5, 0.6) is 0 Å². The van der Waals surface area contributed by atoms with Crippen molar-refractivity contribution in [2.24, 2.45) is 5.73 Å².